The van der Waals surface area contributed by atoms with Crippen molar-refractivity contribution in [2.24, 2.45) is 0 Å². The second kappa shape index (κ2) is 9.49. The summed E-state index contributed by atoms with van der Waals surface area (Å²) in [6.45, 7) is -0.000111. The first kappa shape index (κ1) is 26.1. The quantitative estimate of drug-likeness (QED) is 0.529. The molecule has 0 saturated carbocycles. The van der Waals surface area contributed by atoms with E-state index >= 15 is 0 Å². The lowest BCUT2D eigenvalue weighted by molar-refractivity contribution is -0.182. The molecule has 13 heteroatoms. The normalized spacial score (nSPS) is 20.4. The number of hydrogen-bond donors (Lipinski definition) is 1. The van der Waals surface area contributed by atoms with E-state index in [1.165, 1.54) is 12.0 Å². The Hall–Kier alpha value is -4.16. The van der Waals surface area contributed by atoms with Gasteiger partial charge in [0.25, 0.3) is 5.91 Å². The minimum atomic E-state index is -4.53. The van der Waals surface area contributed by atoms with Crippen LogP contribution in [0, 0.1) is 0 Å². The van der Waals surface area contributed by atoms with E-state index in [1.807, 2.05) is 0 Å². The summed E-state index contributed by atoms with van der Waals surface area (Å²) in [5.74, 6) is -1.05. The number of halogens is 3. The number of ether oxygens (including phenoxy) is 1. The number of aromatic amines is 1. The number of anilines is 1. The molecule has 40 heavy (non-hydrogen) atoms. The van der Waals surface area contributed by atoms with Crippen molar-refractivity contribution in [2.75, 3.05) is 38.2 Å². The Balaban J connectivity index is 1.25. The standard InChI is InChI=1S/C27H27F3N6O4/c1-40-21-7-6-19-23(32-21)26(25(39)36(19)15-22(37)35-10-2-3-20(35)27(28,29)30)8-11-34(12-9-26)24(38)16-4-5-18-17(13-16)14-31-33-18/h4-7,13-14,20H,2-3,8-12,15H2,1H3,(H,31,33). The molecular weight excluding hydrogens is 529 g/mol. The van der Waals surface area contributed by atoms with Crippen LogP contribution in [0.4, 0.5) is 18.9 Å². The zero-order chi connectivity index (χ0) is 28.2. The number of piperidine rings is 1. The number of carbonyl (C=O) groups is 3. The molecule has 5 heterocycles. The van der Waals surface area contributed by atoms with E-state index in [9.17, 15) is 27.6 Å². The molecule has 3 aromatic rings. The van der Waals surface area contributed by atoms with Crippen molar-refractivity contribution < 1.29 is 32.3 Å². The maximum Gasteiger partial charge on any atom is 0.408 e. The highest BCUT2D eigenvalue weighted by atomic mass is 19.4. The molecule has 3 aliphatic heterocycles. The van der Waals surface area contributed by atoms with Crippen LogP contribution in [0.25, 0.3) is 10.9 Å². The molecule has 0 radical (unpaired) electrons. The molecule has 6 rings (SSSR count). The van der Waals surface area contributed by atoms with E-state index in [2.05, 4.69) is 15.2 Å². The van der Waals surface area contributed by atoms with Crippen molar-refractivity contribution in [3.05, 3.63) is 47.8 Å². The highest BCUT2D eigenvalue weighted by Gasteiger charge is 2.55. The van der Waals surface area contributed by atoms with Gasteiger partial charge in [-0.1, -0.05) is 0 Å². The number of methoxy groups -OCH3 is 1. The predicted molar refractivity (Wildman–Crippen MR) is 137 cm³/mol. The van der Waals surface area contributed by atoms with E-state index in [0.717, 1.165) is 15.8 Å². The summed E-state index contributed by atoms with van der Waals surface area (Å²) in [5.41, 5.74) is 0.994. The molecule has 1 spiro atoms. The van der Waals surface area contributed by atoms with Crippen molar-refractivity contribution in [3.8, 4) is 5.88 Å². The van der Waals surface area contributed by atoms with Gasteiger partial charge in [0.1, 0.15) is 12.6 Å². The van der Waals surface area contributed by atoms with Gasteiger partial charge >= 0.3 is 6.18 Å². The number of alkyl halides is 3. The Morgan fingerprint density at radius 1 is 1.15 bits per heavy atom. The van der Waals surface area contributed by atoms with Crippen LogP contribution in [0.3, 0.4) is 0 Å². The molecule has 2 fully saturated rings. The third-order valence-corrected chi connectivity index (χ3v) is 8.29. The van der Waals surface area contributed by atoms with Crippen LogP contribution in [0.5, 0.6) is 5.88 Å². The maximum absolute atomic E-state index is 14.0. The molecule has 3 amide bonds. The Labute approximate surface area is 227 Å². The summed E-state index contributed by atoms with van der Waals surface area (Å²) >= 11 is 0. The molecule has 2 aromatic heterocycles. The fraction of sp³-hybridized carbons (Fsp3) is 0.444. The summed E-state index contributed by atoms with van der Waals surface area (Å²) in [7, 11) is 1.45. The molecule has 210 valence electrons. The summed E-state index contributed by atoms with van der Waals surface area (Å²) in [6, 6.07) is 6.58. The number of rotatable bonds is 4. The van der Waals surface area contributed by atoms with E-state index < -0.39 is 36.0 Å². The van der Waals surface area contributed by atoms with Gasteiger partial charge in [-0.05, 0) is 49.9 Å². The fourth-order valence-electron chi connectivity index (χ4n) is 6.18. The number of aromatic nitrogens is 3. The third kappa shape index (κ3) is 4.14. The number of nitrogens with one attached hydrogen (secondary N) is 1. The lowest BCUT2D eigenvalue weighted by Crippen LogP contribution is -2.53. The van der Waals surface area contributed by atoms with Crippen LogP contribution in [0.1, 0.15) is 41.7 Å². The summed E-state index contributed by atoms with van der Waals surface area (Å²) < 4.78 is 45.8. The van der Waals surface area contributed by atoms with Crippen LogP contribution in [0.15, 0.2) is 36.5 Å². The fourth-order valence-corrected chi connectivity index (χ4v) is 6.18. The average Bonchev–Trinajstić information content (AvgIpc) is 3.68. The first-order valence-electron chi connectivity index (χ1n) is 13.1. The number of nitrogens with zero attached hydrogens (tertiary/aromatic N) is 5. The number of H-pyrrole nitrogens is 1. The van der Waals surface area contributed by atoms with Gasteiger partial charge in [0.2, 0.25) is 17.7 Å². The Bertz CT molecular complexity index is 1500. The molecule has 0 aliphatic carbocycles. The Morgan fingerprint density at radius 3 is 2.65 bits per heavy atom. The number of carbonyl (C=O) groups excluding carboxylic acids is 3. The van der Waals surface area contributed by atoms with E-state index in [4.69, 9.17) is 4.74 Å². The van der Waals surface area contributed by atoms with Crippen LogP contribution in [-0.4, -0.2) is 88.2 Å². The van der Waals surface area contributed by atoms with Crippen LogP contribution < -0.4 is 9.64 Å². The summed E-state index contributed by atoms with van der Waals surface area (Å²) in [4.78, 5) is 48.7. The van der Waals surface area contributed by atoms with Crippen molar-refractivity contribution >= 4 is 34.3 Å². The van der Waals surface area contributed by atoms with Crippen molar-refractivity contribution in [2.45, 2.75) is 43.3 Å². The molecule has 1 atom stereocenters. The van der Waals surface area contributed by atoms with Crippen LogP contribution >= 0.6 is 0 Å². The second-order valence-corrected chi connectivity index (χ2v) is 10.4. The number of hydrogen-bond acceptors (Lipinski definition) is 6. The minimum absolute atomic E-state index is 0.00835. The molecule has 10 nitrogen and oxygen atoms in total. The van der Waals surface area contributed by atoms with Gasteiger partial charge in [-0.25, -0.2) is 4.98 Å². The predicted octanol–water partition coefficient (Wildman–Crippen LogP) is 3.04. The molecule has 2 saturated heterocycles. The van der Waals surface area contributed by atoms with Gasteiger partial charge < -0.3 is 19.4 Å². The lowest BCUT2D eigenvalue weighted by Gasteiger charge is -2.38. The smallest absolute Gasteiger partial charge is 0.408 e. The second-order valence-electron chi connectivity index (χ2n) is 10.4. The maximum atomic E-state index is 14.0. The summed E-state index contributed by atoms with van der Waals surface area (Å²) in [5, 5.41) is 7.64. The summed E-state index contributed by atoms with van der Waals surface area (Å²) in [6.07, 6.45) is -2.30. The average molecular weight is 557 g/mol. The van der Waals surface area contributed by atoms with Crippen molar-refractivity contribution in [1.29, 1.82) is 0 Å². The largest absolute Gasteiger partial charge is 0.481 e. The topological polar surface area (TPSA) is 112 Å². The minimum Gasteiger partial charge on any atom is -0.481 e. The zero-order valence-corrected chi connectivity index (χ0v) is 21.7. The molecule has 1 unspecified atom stereocenters. The Morgan fingerprint density at radius 2 is 1.93 bits per heavy atom. The zero-order valence-electron chi connectivity index (χ0n) is 21.7. The Kier molecular flexibility index (Phi) is 6.19. The molecule has 0 bridgehead atoms. The van der Waals surface area contributed by atoms with E-state index in [1.54, 1.807) is 41.4 Å². The molecule has 1 aromatic carbocycles. The number of likely N-dealkylation sites (tertiary alicyclic amines) is 2. The number of pyridine rings is 1. The monoisotopic (exact) mass is 556 g/mol. The molecule has 3 aliphatic rings. The van der Waals surface area contributed by atoms with Gasteiger partial charge in [0.05, 0.1) is 35.6 Å². The highest BCUT2D eigenvalue weighted by Crippen LogP contribution is 2.48. The third-order valence-electron chi connectivity index (χ3n) is 8.29. The van der Waals surface area contributed by atoms with Gasteiger partial charge in [-0.2, -0.15) is 18.3 Å². The van der Waals surface area contributed by atoms with E-state index in [0.29, 0.717) is 16.9 Å². The molecular formula is C27H27F3N6O4. The SMILES string of the molecule is COc1ccc2c(n1)C1(CCN(C(=O)c3ccc4[nH]ncc4c3)CC1)C(=O)N2CC(=O)N1CCCC1C(F)(F)F. The molecule has 1 N–H and O–H groups in total. The van der Waals surface area contributed by atoms with Gasteiger partial charge in [0, 0.05) is 36.7 Å². The van der Waals surface area contributed by atoms with Crippen molar-refractivity contribution in [1.82, 2.24) is 25.0 Å². The van der Waals surface area contributed by atoms with Crippen LogP contribution in [0.2, 0.25) is 0 Å². The highest BCUT2D eigenvalue weighted by molar-refractivity contribution is 6.10. The van der Waals surface area contributed by atoms with E-state index in [-0.39, 0.29) is 57.1 Å². The number of benzene rings is 1. The van der Waals surface area contributed by atoms with Gasteiger partial charge in [-0.15, -0.1) is 0 Å². The van der Waals surface area contributed by atoms with Gasteiger partial charge in [0.15, 0.2) is 0 Å². The first-order valence-corrected chi connectivity index (χ1v) is 13.1. The first-order chi connectivity index (χ1) is 19.1. The number of fused-ring (bicyclic) bond motifs is 3. The van der Waals surface area contributed by atoms with Crippen LogP contribution in [-0.2, 0) is 15.0 Å². The lowest BCUT2D eigenvalue weighted by atomic mass is 9.76. The van der Waals surface area contributed by atoms with Crippen molar-refractivity contribution in [3.63, 3.8) is 0 Å². The van der Waals surface area contributed by atoms with Gasteiger partial charge in [-0.3, -0.25) is 19.5 Å². The number of amides is 3.